The van der Waals surface area contributed by atoms with Gasteiger partial charge in [0.05, 0.1) is 13.1 Å². The Kier molecular flexibility index (Phi) is 7.85. The largest absolute Gasteiger partial charge is 0.492 e. The first-order chi connectivity index (χ1) is 11.7. The molecule has 1 aromatic carbocycles. The van der Waals surface area contributed by atoms with Gasteiger partial charge in [0, 0.05) is 22.6 Å². The molecule has 7 heteroatoms. The molecule has 5 nitrogen and oxygen atoms in total. The van der Waals surface area contributed by atoms with Crippen molar-refractivity contribution in [1.29, 1.82) is 0 Å². The van der Waals surface area contributed by atoms with Crippen molar-refractivity contribution in [1.82, 2.24) is 15.6 Å². The van der Waals surface area contributed by atoms with E-state index in [0.717, 1.165) is 29.7 Å². The number of hydrogen-bond donors (Lipinski definition) is 2. The van der Waals surface area contributed by atoms with Gasteiger partial charge in [-0.3, -0.25) is 0 Å². The van der Waals surface area contributed by atoms with Gasteiger partial charge < -0.3 is 15.4 Å². The Morgan fingerprint density at radius 1 is 1.25 bits per heavy atom. The average Bonchev–Trinajstić information content (AvgIpc) is 3.06. The summed E-state index contributed by atoms with van der Waals surface area (Å²) in [7, 11) is 0. The van der Waals surface area contributed by atoms with E-state index in [2.05, 4.69) is 27.5 Å². The van der Waals surface area contributed by atoms with E-state index in [1.54, 1.807) is 11.3 Å². The lowest BCUT2D eigenvalue weighted by Crippen LogP contribution is -2.39. The Bertz CT molecular complexity index is 642. The summed E-state index contributed by atoms with van der Waals surface area (Å²) in [6.07, 6.45) is 2.94. The first-order valence-electron chi connectivity index (χ1n) is 8.05. The number of benzene rings is 1. The molecule has 0 atom stereocenters. The number of nitrogens with one attached hydrogen (secondary N) is 2. The molecule has 2 rings (SSSR count). The maximum Gasteiger partial charge on any atom is 0.191 e. The third kappa shape index (κ3) is 6.37. The molecule has 0 aliphatic rings. The predicted octanol–water partition coefficient (Wildman–Crippen LogP) is 3.49. The zero-order valence-electron chi connectivity index (χ0n) is 14.0. The Morgan fingerprint density at radius 2 is 2.04 bits per heavy atom. The molecule has 0 spiro atoms. The molecule has 1 aromatic heterocycles. The molecule has 0 aliphatic heterocycles. The van der Waals surface area contributed by atoms with E-state index < -0.39 is 0 Å². The molecule has 0 aliphatic carbocycles. The van der Waals surface area contributed by atoms with Gasteiger partial charge in [0.2, 0.25) is 0 Å². The highest BCUT2D eigenvalue weighted by Crippen LogP contribution is 2.15. The van der Waals surface area contributed by atoms with E-state index in [9.17, 15) is 0 Å². The summed E-state index contributed by atoms with van der Waals surface area (Å²) in [6, 6.07) is 7.34. The summed E-state index contributed by atoms with van der Waals surface area (Å²) in [4.78, 5) is 10.2. The minimum atomic E-state index is 0.545. The van der Waals surface area contributed by atoms with Gasteiger partial charge in [0.15, 0.2) is 5.96 Å². The molecule has 0 bridgehead atoms. The Morgan fingerprint density at radius 3 is 2.71 bits per heavy atom. The second-order valence-electron chi connectivity index (χ2n) is 5.00. The van der Waals surface area contributed by atoms with Crippen molar-refractivity contribution in [3.8, 4) is 5.75 Å². The van der Waals surface area contributed by atoms with E-state index in [4.69, 9.17) is 16.3 Å². The minimum Gasteiger partial charge on any atom is -0.492 e. The van der Waals surface area contributed by atoms with Crippen LogP contribution in [0.1, 0.15) is 23.7 Å². The van der Waals surface area contributed by atoms with E-state index in [1.165, 1.54) is 4.88 Å². The van der Waals surface area contributed by atoms with Gasteiger partial charge >= 0.3 is 0 Å². The van der Waals surface area contributed by atoms with Crippen molar-refractivity contribution in [2.24, 2.45) is 4.99 Å². The molecule has 0 fully saturated rings. The molecule has 0 saturated heterocycles. The number of nitrogens with zero attached hydrogens (tertiary/aromatic N) is 2. The van der Waals surface area contributed by atoms with E-state index in [0.29, 0.717) is 24.7 Å². The topological polar surface area (TPSA) is 58.5 Å². The van der Waals surface area contributed by atoms with E-state index in [-0.39, 0.29) is 0 Å². The normalized spacial score (nSPS) is 11.4. The monoisotopic (exact) mass is 366 g/mol. The number of ether oxygens (including phenoxy) is 1. The van der Waals surface area contributed by atoms with Gasteiger partial charge in [-0.2, -0.15) is 0 Å². The molecule has 24 heavy (non-hydrogen) atoms. The van der Waals surface area contributed by atoms with Crippen molar-refractivity contribution in [2.75, 3.05) is 19.7 Å². The van der Waals surface area contributed by atoms with E-state index in [1.807, 2.05) is 37.4 Å². The SMILES string of the molecule is CCNC(=NCc1ncc(CC)s1)NCCOc1ccc(Cl)cc1. The number of guanidine groups is 1. The smallest absolute Gasteiger partial charge is 0.191 e. The molecular weight excluding hydrogens is 344 g/mol. The number of hydrogen-bond acceptors (Lipinski definition) is 4. The van der Waals surface area contributed by atoms with Crippen LogP contribution in [0.25, 0.3) is 0 Å². The van der Waals surface area contributed by atoms with Crippen LogP contribution < -0.4 is 15.4 Å². The predicted molar refractivity (Wildman–Crippen MR) is 101 cm³/mol. The fraction of sp³-hybridized carbons (Fsp3) is 0.412. The second-order valence-corrected chi connectivity index (χ2v) is 6.63. The molecule has 1 heterocycles. The standard InChI is InChI=1S/C17H23ClN4OS/c1-3-15-11-21-16(24-15)12-22-17(19-4-2)20-9-10-23-14-7-5-13(18)6-8-14/h5-8,11H,3-4,9-10,12H2,1-2H3,(H2,19,20,22). The quantitative estimate of drug-likeness (QED) is 0.426. The van der Waals surface area contributed by atoms with Gasteiger partial charge in [0.25, 0.3) is 0 Å². The molecule has 0 saturated carbocycles. The second kappa shape index (κ2) is 10.2. The lowest BCUT2D eigenvalue weighted by Gasteiger charge is -2.11. The maximum absolute atomic E-state index is 5.85. The van der Waals surface area contributed by atoms with Crippen LogP contribution in [-0.2, 0) is 13.0 Å². The molecule has 2 N–H and O–H groups in total. The van der Waals surface area contributed by atoms with Gasteiger partial charge in [-0.05, 0) is 37.6 Å². The van der Waals surface area contributed by atoms with Crippen molar-refractivity contribution >= 4 is 28.9 Å². The third-order valence-electron chi connectivity index (χ3n) is 3.14. The van der Waals surface area contributed by atoms with E-state index >= 15 is 0 Å². The highest BCUT2D eigenvalue weighted by molar-refractivity contribution is 7.11. The highest BCUT2D eigenvalue weighted by Gasteiger charge is 2.02. The van der Waals surface area contributed by atoms with Gasteiger partial charge in [0.1, 0.15) is 17.4 Å². The first-order valence-corrected chi connectivity index (χ1v) is 9.24. The van der Waals surface area contributed by atoms with Crippen molar-refractivity contribution in [3.63, 3.8) is 0 Å². The summed E-state index contributed by atoms with van der Waals surface area (Å²) < 4.78 is 5.66. The fourth-order valence-corrected chi connectivity index (χ4v) is 2.86. The number of thiazole rings is 1. The number of halogens is 1. The molecule has 0 radical (unpaired) electrons. The van der Waals surface area contributed by atoms with Crippen molar-refractivity contribution in [3.05, 3.63) is 45.4 Å². The van der Waals surface area contributed by atoms with Crippen LogP contribution in [0.4, 0.5) is 0 Å². The molecule has 0 amide bonds. The Labute approximate surface area is 152 Å². The van der Waals surface area contributed by atoms with Crippen molar-refractivity contribution in [2.45, 2.75) is 26.8 Å². The summed E-state index contributed by atoms with van der Waals surface area (Å²) in [5.74, 6) is 1.57. The van der Waals surface area contributed by atoms with Crippen LogP contribution in [0.2, 0.25) is 5.02 Å². The number of aliphatic imine (C=N–C) groups is 1. The fourth-order valence-electron chi connectivity index (χ4n) is 1.94. The summed E-state index contributed by atoms with van der Waals surface area (Å²) in [5.41, 5.74) is 0. The number of aromatic nitrogens is 1. The number of rotatable bonds is 8. The van der Waals surface area contributed by atoms with Gasteiger partial charge in [-0.15, -0.1) is 11.3 Å². The van der Waals surface area contributed by atoms with Gasteiger partial charge in [-0.1, -0.05) is 18.5 Å². The van der Waals surface area contributed by atoms with Crippen LogP contribution in [0.3, 0.4) is 0 Å². The summed E-state index contributed by atoms with van der Waals surface area (Å²) in [6.45, 7) is 6.77. The molecule has 2 aromatic rings. The summed E-state index contributed by atoms with van der Waals surface area (Å²) >= 11 is 7.56. The van der Waals surface area contributed by atoms with Crippen LogP contribution in [0.15, 0.2) is 35.5 Å². The lowest BCUT2D eigenvalue weighted by molar-refractivity contribution is 0.322. The lowest BCUT2D eigenvalue weighted by atomic mass is 10.3. The Balaban J connectivity index is 1.77. The number of aryl methyl sites for hydroxylation is 1. The Hall–Kier alpha value is -1.79. The van der Waals surface area contributed by atoms with Crippen LogP contribution >= 0.6 is 22.9 Å². The third-order valence-corrected chi connectivity index (χ3v) is 4.52. The maximum atomic E-state index is 5.85. The van der Waals surface area contributed by atoms with Gasteiger partial charge in [-0.25, -0.2) is 9.98 Å². The van der Waals surface area contributed by atoms with Crippen molar-refractivity contribution < 1.29 is 4.74 Å². The minimum absolute atomic E-state index is 0.545. The molecule has 130 valence electrons. The average molecular weight is 367 g/mol. The zero-order valence-corrected chi connectivity index (χ0v) is 15.6. The molecule has 0 unspecified atom stereocenters. The highest BCUT2D eigenvalue weighted by atomic mass is 35.5. The zero-order chi connectivity index (χ0) is 17.2. The van der Waals surface area contributed by atoms with Crippen LogP contribution in [0, 0.1) is 0 Å². The summed E-state index contributed by atoms with van der Waals surface area (Å²) in [5, 5.41) is 8.21. The first kappa shape index (κ1) is 18.5. The van der Waals surface area contributed by atoms with Crippen LogP contribution in [0.5, 0.6) is 5.75 Å². The molecular formula is C17H23ClN4OS. The van der Waals surface area contributed by atoms with Crippen LogP contribution in [-0.4, -0.2) is 30.6 Å².